The van der Waals surface area contributed by atoms with Gasteiger partial charge in [0.25, 0.3) is 0 Å². The first-order chi connectivity index (χ1) is 10.3. The van der Waals surface area contributed by atoms with Gasteiger partial charge in [-0.15, -0.1) is 0 Å². The molecule has 3 heteroatoms. The predicted octanol–water partition coefficient (Wildman–Crippen LogP) is 3.13. The van der Waals surface area contributed by atoms with E-state index in [9.17, 15) is 0 Å². The number of ether oxygens (including phenoxy) is 1. The number of hydrogen-bond donors (Lipinski definition) is 1. The number of benzene rings is 2. The van der Waals surface area contributed by atoms with Crippen molar-refractivity contribution in [2.45, 2.75) is 13.0 Å². The molecule has 0 atom stereocenters. The van der Waals surface area contributed by atoms with Crippen molar-refractivity contribution in [3.05, 3.63) is 59.2 Å². The molecule has 1 heterocycles. The first-order valence-corrected chi connectivity index (χ1v) is 7.07. The Morgan fingerprint density at radius 2 is 1.81 bits per heavy atom. The highest BCUT2D eigenvalue weighted by Gasteiger charge is 2.13. The van der Waals surface area contributed by atoms with Gasteiger partial charge in [-0.25, -0.2) is 0 Å². The van der Waals surface area contributed by atoms with E-state index in [1.165, 1.54) is 22.3 Å². The molecule has 3 rings (SSSR count). The van der Waals surface area contributed by atoms with Crippen molar-refractivity contribution in [1.82, 2.24) is 5.32 Å². The SMILES string of the molecule is CNC.N#Cc1ccc(-c2cccc3c2CCOC3)cc1. The molecule has 0 spiro atoms. The zero-order chi connectivity index (χ0) is 15.1. The maximum atomic E-state index is 8.82. The molecule has 2 aromatic rings. The van der Waals surface area contributed by atoms with Crippen LogP contribution < -0.4 is 5.32 Å². The second-order valence-electron chi connectivity index (χ2n) is 4.93. The molecule has 0 aliphatic carbocycles. The second kappa shape index (κ2) is 7.58. The van der Waals surface area contributed by atoms with Crippen LogP contribution in [0.1, 0.15) is 16.7 Å². The van der Waals surface area contributed by atoms with Gasteiger partial charge in [-0.3, -0.25) is 0 Å². The lowest BCUT2D eigenvalue weighted by molar-refractivity contribution is 0.111. The fraction of sp³-hybridized carbons (Fsp3) is 0.278. The molecule has 3 nitrogen and oxygen atoms in total. The third-order valence-electron chi connectivity index (χ3n) is 3.35. The Kier molecular flexibility index (Phi) is 5.51. The summed E-state index contributed by atoms with van der Waals surface area (Å²) in [7, 11) is 3.75. The molecule has 2 aromatic carbocycles. The van der Waals surface area contributed by atoms with Crippen molar-refractivity contribution in [3.8, 4) is 17.2 Å². The van der Waals surface area contributed by atoms with E-state index in [0.717, 1.165) is 13.0 Å². The van der Waals surface area contributed by atoms with Crippen molar-refractivity contribution in [2.75, 3.05) is 20.7 Å². The normalized spacial score (nSPS) is 12.6. The van der Waals surface area contributed by atoms with E-state index >= 15 is 0 Å². The smallest absolute Gasteiger partial charge is 0.0991 e. The van der Waals surface area contributed by atoms with Crippen LogP contribution in [0.3, 0.4) is 0 Å². The molecule has 0 bridgehead atoms. The first kappa shape index (κ1) is 15.2. The van der Waals surface area contributed by atoms with Gasteiger partial charge in [0.05, 0.1) is 24.8 Å². The van der Waals surface area contributed by atoms with E-state index < -0.39 is 0 Å². The van der Waals surface area contributed by atoms with Crippen LogP contribution in [0.5, 0.6) is 0 Å². The average molecular weight is 280 g/mol. The van der Waals surface area contributed by atoms with E-state index in [1.54, 1.807) is 0 Å². The van der Waals surface area contributed by atoms with Gasteiger partial charge >= 0.3 is 0 Å². The topological polar surface area (TPSA) is 45.0 Å². The molecule has 0 saturated heterocycles. The zero-order valence-corrected chi connectivity index (χ0v) is 12.5. The summed E-state index contributed by atoms with van der Waals surface area (Å²) in [5, 5.41) is 11.6. The summed E-state index contributed by atoms with van der Waals surface area (Å²) in [6, 6.07) is 16.3. The molecule has 0 fully saturated rings. The Bertz CT molecular complexity index is 627. The van der Waals surface area contributed by atoms with Crippen LogP contribution in [-0.4, -0.2) is 20.7 Å². The molecule has 0 aromatic heterocycles. The molecule has 1 aliphatic rings. The van der Waals surface area contributed by atoms with Crippen LogP contribution in [-0.2, 0) is 17.8 Å². The molecular weight excluding hydrogens is 260 g/mol. The number of nitrogens with zero attached hydrogens (tertiary/aromatic N) is 1. The van der Waals surface area contributed by atoms with E-state index in [4.69, 9.17) is 10.00 Å². The number of nitriles is 1. The van der Waals surface area contributed by atoms with Gasteiger partial charge in [-0.2, -0.15) is 5.26 Å². The molecule has 21 heavy (non-hydrogen) atoms. The van der Waals surface area contributed by atoms with Crippen LogP contribution in [0.2, 0.25) is 0 Å². The van der Waals surface area contributed by atoms with Crippen molar-refractivity contribution >= 4 is 0 Å². The highest BCUT2D eigenvalue weighted by Crippen LogP contribution is 2.29. The van der Waals surface area contributed by atoms with Gasteiger partial charge in [0, 0.05) is 0 Å². The highest BCUT2D eigenvalue weighted by atomic mass is 16.5. The number of hydrogen-bond acceptors (Lipinski definition) is 3. The van der Waals surface area contributed by atoms with Crippen LogP contribution in [0.15, 0.2) is 42.5 Å². The summed E-state index contributed by atoms with van der Waals surface area (Å²) in [6.45, 7) is 1.50. The Balaban J connectivity index is 0.000000497. The molecular formula is C18H20N2O. The largest absolute Gasteiger partial charge is 0.376 e. The fourth-order valence-corrected chi connectivity index (χ4v) is 2.42. The minimum absolute atomic E-state index is 0.701. The second-order valence-corrected chi connectivity index (χ2v) is 4.93. The van der Waals surface area contributed by atoms with E-state index in [-0.39, 0.29) is 0 Å². The first-order valence-electron chi connectivity index (χ1n) is 7.07. The lowest BCUT2D eigenvalue weighted by Gasteiger charge is -2.19. The number of rotatable bonds is 1. The number of nitrogens with one attached hydrogen (secondary N) is 1. The summed E-state index contributed by atoms with van der Waals surface area (Å²) < 4.78 is 5.48. The summed E-state index contributed by atoms with van der Waals surface area (Å²) in [5.41, 5.74) is 5.80. The lowest BCUT2D eigenvalue weighted by atomic mass is 9.92. The quantitative estimate of drug-likeness (QED) is 0.873. The fourth-order valence-electron chi connectivity index (χ4n) is 2.42. The van der Waals surface area contributed by atoms with E-state index in [0.29, 0.717) is 12.2 Å². The molecule has 0 unspecified atom stereocenters. The van der Waals surface area contributed by atoms with E-state index in [1.807, 2.05) is 38.4 Å². The highest BCUT2D eigenvalue weighted by molar-refractivity contribution is 5.69. The molecule has 0 amide bonds. The van der Waals surface area contributed by atoms with Gasteiger partial charge in [0.15, 0.2) is 0 Å². The molecule has 1 N–H and O–H groups in total. The Morgan fingerprint density at radius 1 is 1.10 bits per heavy atom. The maximum Gasteiger partial charge on any atom is 0.0991 e. The van der Waals surface area contributed by atoms with Crippen LogP contribution >= 0.6 is 0 Å². The van der Waals surface area contributed by atoms with Crippen molar-refractivity contribution in [3.63, 3.8) is 0 Å². The van der Waals surface area contributed by atoms with E-state index in [2.05, 4.69) is 29.6 Å². The molecule has 108 valence electrons. The molecule has 1 aliphatic heterocycles. The average Bonchev–Trinajstić information content (AvgIpc) is 2.55. The minimum atomic E-state index is 0.701. The predicted molar refractivity (Wildman–Crippen MR) is 84.9 cm³/mol. The van der Waals surface area contributed by atoms with Gasteiger partial charge in [0.1, 0.15) is 0 Å². The number of fused-ring (bicyclic) bond motifs is 1. The van der Waals surface area contributed by atoms with Gasteiger partial charge in [-0.05, 0) is 54.9 Å². The Hall–Kier alpha value is -2.15. The van der Waals surface area contributed by atoms with Gasteiger partial charge < -0.3 is 10.1 Å². The standard InChI is InChI=1S/C16H13NO.C2H7N/c17-10-12-4-6-13(7-5-12)15-3-1-2-14-11-18-9-8-16(14)15;1-3-2/h1-7H,8-9,11H2;3H,1-2H3. The summed E-state index contributed by atoms with van der Waals surface area (Å²) >= 11 is 0. The van der Waals surface area contributed by atoms with Crippen molar-refractivity contribution in [1.29, 1.82) is 5.26 Å². The Morgan fingerprint density at radius 3 is 2.48 bits per heavy atom. The summed E-state index contributed by atoms with van der Waals surface area (Å²) in [5.74, 6) is 0. The van der Waals surface area contributed by atoms with Crippen molar-refractivity contribution in [2.24, 2.45) is 0 Å². The monoisotopic (exact) mass is 280 g/mol. The summed E-state index contributed by atoms with van der Waals surface area (Å²) in [4.78, 5) is 0. The van der Waals surface area contributed by atoms with Crippen LogP contribution in [0.4, 0.5) is 0 Å². The van der Waals surface area contributed by atoms with Crippen LogP contribution in [0, 0.1) is 11.3 Å². The minimum Gasteiger partial charge on any atom is -0.376 e. The maximum absolute atomic E-state index is 8.82. The van der Waals surface area contributed by atoms with Crippen molar-refractivity contribution < 1.29 is 4.74 Å². The zero-order valence-electron chi connectivity index (χ0n) is 12.5. The third kappa shape index (κ3) is 3.69. The Labute approximate surface area is 126 Å². The third-order valence-corrected chi connectivity index (χ3v) is 3.35. The van der Waals surface area contributed by atoms with Gasteiger partial charge in [-0.1, -0.05) is 30.3 Å². The van der Waals surface area contributed by atoms with Crippen LogP contribution in [0.25, 0.3) is 11.1 Å². The summed E-state index contributed by atoms with van der Waals surface area (Å²) in [6.07, 6.45) is 0.964. The lowest BCUT2D eigenvalue weighted by Crippen LogP contribution is -2.10. The molecule has 0 radical (unpaired) electrons. The van der Waals surface area contributed by atoms with Gasteiger partial charge in [0.2, 0.25) is 0 Å². The molecule has 0 saturated carbocycles.